The van der Waals surface area contributed by atoms with Gasteiger partial charge < -0.3 is 4.90 Å². The Morgan fingerprint density at radius 3 is 2.54 bits per heavy atom. The molecule has 146 valence electrons. The Kier molecular flexibility index (Phi) is 6.66. The van der Waals surface area contributed by atoms with Crippen molar-refractivity contribution in [3.8, 4) is 0 Å². The number of amides is 1. The van der Waals surface area contributed by atoms with Crippen molar-refractivity contribution < 1.29 is 13.2 Å². The molecule has 3 rings (SSSR count). The summed E-state index contributed by atoms with van der Waals surface area (Å²) in [7, 11) is -2.02. The zero-order valence-corrected chi connectivity index (χ0v) is 18.4. The lowest BCUT2D eigenvalue weighted by atomic mass is 10.2. The number of hydrogen-bond donors (Lipinski definition) is 1. The molecule has 0 spiro atoms. The summed E-state index contributed by atoms with van der Waals surface area (Å²) in [5.41, 5.74) is 1.20. The maximum absolute atomic E-state index is 12.7. The number of thiophene rings is 1. The minimum atomic E-state index is -3.72. The molecule has 1 N–H and O–H groups in total. The molecule has 28 heavy (non-hydrogen) atoms. The fraction of sp³-hybridized carbons (Fsp3) is 0.150. The smallest absolute Gasteiger partial charge is 0.253 e. The fourth-order valence-corrected chi connectivity index (χ4v) is 5.18. The van der Waals surface area contributed by atoms with Crippen LogP contribution in [-0.2, 0) is 23.1 Å². The van der Waals surface area contributed by atoms with Gasteiger partial charge in [-0.15, -0.1) is 11.3 Å². The molecular weight excluding hydrogens is 460 g/mol. The van der Waals surface area contributed by atoms with Gasteiger partial charge in [-0.05, 0) is 45.8 Å². The van der Waals surface area contributed by atoms with E-state index in [1.165, 1.54) is 12.1 Å². The van der Waals surface area contributed by atoms with Gasteiger partial charge >= 0.3 is 0 Å². The molecule has 0 bridgehead atoms. The van der Waals surface area contributed by atoms with Crippen molar-refractivity contribution in [3.63, 3.8) is 0 Å². The minimum absolute atomic E-state index is 0.0709. The number of carbonyl (C=O) groups is 1. The molecule has 8 heteroatoms. The molecule has 0 aliphatic rings. The SMILES string of the molecule is CN(Cc1cc(Br)cs1)C(=O)c1cccc(S(=O)(=O)NCc2ccccc2)c1. The van der Waals surface area contributed by atoms with Crippen molar-refractivity contribution in [1.29, 1.82) is 0 Å². The Hall–Kier alpha value is -2.00. The second kappa shape index (κ2) is 9.00. The van der Waals surface area contributed by atoms with Crippen LogP contribution in [-0.4, -0.2) is 26.3 Å². The molecule has 0 unspecified atom stereocenters. The summed E-state index contributed by atoms with van der Waals surface area (Å²) in [4.78, 5) is 15.4. The quantitative estimate of drug-likeness (QED) is 0.551. The average Bonchev–Trinajstić information content (AvgIpc) is 3.11. The van der Waals surface area contributed by atoms with E-state index < -0.39 is 10.0 Å². The maximum Gasteiger partial charge on any atom is 0.253 e. The van der Waals surface area contributed by atoms with E-state index in [9.17, 15) is 13.2 Å². The maximum atomic E-state index is 12.7. The largest absolute Gasteiger partial charge is 0.337 e. The first-order valence-corrected chi connectivity index (χ1v) is 11.6. The highest BCUT2D eigenvalue weighted by atomic mass is 79.9. The van der Waals surface area contributed by atoms with E-state index in [-0.39, 0.29) is 17.3 Å². The molecule has 0 fully saturated rings. The summed E-state index contributed by atoms with van der Waals surface area (Å²) >= 11 is 4.96. The molecule has 2 aromatic carbocycles. The second-order valence-electron chi connectivity index (χ2n) is 6.23. The molecule has 1 heterocycles. The Morgan fingerprint density at radius 1 is 1.11 bits per heavy atom. The molecule has 1 amide bonds. The fourth-order valence-electron chi connectivity index (χ4n) is 2.62. The molecule has 3 aromatic rings. The topological polar surface area (TPSA) is 66.5 Å². The van der Waals surface area contributed by atoms with Gasteiger partial charge in [-0.3, -0.25) is 4.79 Å². The van der Waals surface area contributed by atoms with Gasteiger partial charge in [0.2, 0.25) is 10.0 Å². The van der Waals surface area contributed by atoms with E-state index in [0.717, 1.165) is 14.9 Å². The minimum Gasteiger partial charge on any atom is -0.337 e. The van der Waals surface area contributed by atoms with Crippen LogP contribution >= 0.6 is 27.3 Å². The summed E-state index contributed by atoms with van der Waals surface area (Å²) in [5, 5.41) is 1.96. The van der Waals surface area contributed by atoms with Crippen LogP contribution in [0.15, 0.2) is 75.4 Å². The van der Waals surface area contributed by atoms with Crippen LogP contribution in [0.5, 0.6) is 0 Å². The van der Waals surface area contributed by atoms with Gasteiger partial charge in [0.15, 0.2) is 0 Å². The molecule has 1 aromatic heterocycles. The molecule has 0 atom stereocenters. The average molecular weight is 479 g/mol. The van der Waals surface area contributed by atoms with E-state index in [1.54, 1.807) is 35.4 Å². The Bertz CT molecular complexity index is 1070. The summed E-state index contributed by atoms with van der Waals surface area (Å²) < 4.78 is 28.8. The van der Waals surface area contributed by atoms with E-state index >= 15 is 0 Å². The predicted octanol–water partition coefficient (Wildman–Crippen LogP) is 4.26. The van der Waals surface area contributed by atoms with Crippen LogP contribution in [0.25, 0.3) is 0 Å². The van der Waals surface area contributed by atoms with Crippen LogP contribution in [0.2, 0.25) is 0 Å². The van der Waals surface area contributed by atoms with Gasteiger partial charge in [-0.25, -0.2) is 13.1 Å². The van der Waals surface area contributed by atoms with Crippen molar-refractivity contribution in [2.45, 2.75) is 18.0 Å². The van der Waals surface area contributed by atoms with Crippen LogP contribution < -0.4 is 4.72 Å². The first-order valence-electron chi connectivity index (χ1n) is 8.47. The van der Waals surface area contributed by atoms with Gasteiger partial charge in [0.05, 0.1) is 11.4 Å². The lowest BCUT2D eigenvalue weighted by Gasteiger charge is -2.17. The third-order valence-electron chi connectivity index (χ3n) is 4.06. The lowest BCUT2D eigenvalue weighted by molar-refractivity contribution is 0.0786. The van der Waals surface area contributed by atoms with Crippen molar-refractivity contribution in [2.75, 3.05) is 7.05 Å². The van der Waals surface area contributed by atoms with Crippen LogP contribution in [0.1, 0.15) is 20.8 Å². The number of hydrogen-bond acceptors (Lipinski definition) is 4. The third kappa shape index (κ3) is 5.29. The first kappa shape index (κ1) is 20.7. The number of benzene rings is 2. The molecule has 0 radical (unpaired) electrons. The van der Waals surface area contributed by atoms with E-state index in [4.69, 9.17) is 0 Å². The molecule has 0 aliphatic heterocycles. The Labute approximate surface area is 177 Å². The molecule has 0 saturated carbocycles. The highest BCUT2D eigenvalue weighted by Crippen LogP contribution is 2.22. The Balaban J connectivity index is 1.72. The second-order valence-corrected chi connectivity index (χ2v) is 9.91. The lowest BCUT2D eigenvalue weighted by Crippen LogP contribution is -2.27. The summed E-state index contributed by atoms with van der Waals surface area (Å²) in [6.07, 6.45) is 0. The zero-order valence-electron chi connectivity index (χ0n) is 15.1. The van der Waals surface area contributed by atoms with Crippen LogP contribution in [0.4, 0.5) is 0 Å². The number of nitrogens with zero attached hydrogens (tertiary/aromatic N) is 1. The van der Waals surface area contributed by atoms with Crippen molar-refractivity contribution >= 4 is 43.2 Å². The monoisotopic (exact) mass is 478 g/mol. The number of carbonyl (C=O) groups excluding carboxylic acids is 1. The van der Waals surface area contributed by atoms with Gasteiger partial charge in [-0.2, -0.15) is 0 Å². The van der Waals surface area contributed by atoms with E-state index in [0.29, 0.717) is 12.1 Å². The molecular formula is C20H19BrN2O3S2. The van der Waals surface area contributed by atoms with Gasteiger partial charge in [0, 0.05) is 33.9 Å². The third-order valence-corrected chi connectivity index (χ3v) is 7.14. The number of halogens is 1. The zero-order chi connectivity index (χ0) is 20.1. The van der Waals surface area contributed by atoms with Crippen molar-refractivity contribution in [2.24, 2.45) is 0 Å². The van der Waals surface area contributed by atoms with Crippen LogP contribution in [0, 0.1) is 0 Å². The highest BCUT2D eigenvalue weighted by Gasteiger charge is 2.18. The molecule has 5 nitrogen and oxygen atoms in total. The summed E-state index contributed by atoms with van der Waals surface area (Å²) in [6, 6.07) is 17.3. The Morgan fingerprint density at radius 2 is 1.86 bits per heavy atom. The van der Waals surface area contributed by atoms with Gasteiger partial charge in [0.25, 0.3) is 5.91 Å². The molecule has 0 saturated heterocycles. The normalized spacial score (nSPS) is 11.4. The number of rotatable bonds is 7. The van der Waals surface area contributed by atoms with Crippen LogP contribution in [0.3, 0.4) is 0 Å². The predicted molar refractivity (Wildman–Crippen MR) is 115 cm³/mol. The molecule has 0 aliphatic carbocycles. The van der Waals surface area contributed by atoms with E-state index in [1.807, 2.05) is 41.8 Å². The van der Waals surface area contributed by atoms with Crippen molar-refractivity contribution in [3.05, 3.63) is 86.5 Å². The summed E-state index contributed by atoms with van der Waals surface area (Å²) in [5.74, 6) is -0.232. The highest BCUT2D eigenvalue weighted by molar-refractivity contribution is 9.10. The van der Waals surface area contributed by atoms with Crippen molar-refractivity contribution in [1.82, 2.24) is 9.62 Å². The van der Waals surface area contributed by atoms with Gasteiger partial charge in [0.1, 0.15) is 0 Å². The number of sulfonamides is 1. The standard InChI is InChI=1S/C20H19BrN2O3S2/c1-23(13-18-11-17(21)14-27-18)20(24)16-8-5-9-19(10-16)28(25,26)22-12-15-6-3-2-4-7-15/h2-11,14,22H,12-13H2,1H3. The van der Waals surface area contributed by atoms with E-state index in [2.05, 4.69) is 20.7 Å². The van der Waals surface area contributed by atoms with Gasteiger partial charge in [-0.1, -0.05) is 36.4 Å². The first-order chi connectivity index (χ1) is 13.3. The summed E-state index contributed by atoms with van der Waals surface area (Å²) in [6.45, 7) is 0.646. The number of nitrogens with one attached hydrogen (secondary N) is 1.